The molecule has 2 spiro atoms. The fraction of sp³-hybridized carbons (Fsp3) is 0.606. The molecule has 4 aromatic rings. The summed E-state index contributed by atoms with van der Waals surface area (Å²) >= 11 is 12.8. The highest BCUT2D eigenvalue weighted by molar-refractivity contribution is 7.91. The molecule has 4 aromatic carbocycles. The summed E-state index contributed by atoms with van der Waals surface area (Å²) in [5, 5.41) is 23.3. The van der Waals surface area contributed by atoms with Gasteiger partial charge < -0.3 is 29.5 Å². The van der Waals surface area contributed by atoms with Crippen molar-refractivity contribution in [1.29, 1.82) is 0 Å². The molecule has 18 heteroatoms. The standard InChI is InChI=1S/2C33H43ClN2O5S/c2*1-21-6-4-14-32(3,38)27-11-8-25(27)18-36-19-33(15-5-7-23-16-26(34)10-12-28(23)33)20-41-30-13-9-24(17-29(30)36)31(37)35-42(39,40)22(21)2/h2*9-10,12-13,16-17,21-22,25,27,38H,4-8,11,14-15,18-20H2,1-3H3,(H,35,37)/t21-,22+,25-,27+,32+,33-;21-,22+,25-,27+,32-,33-/m00/s1. The van der Waals surface area contributed by atoms with Crippen molar-refractivity contribution in [2.45, 2.75) is 177 Å². The third kappa shape index (κ3) is 12.1. The number of anilines is 2. The van der Waals surface area contributed by atoms with Gasteiger partial charge in [-0.2, -0.15) is 0 Å². The maximum Gasteiger partial charge on any atom is 0.264 e. The molecule has 2 fully saturated rings. The quantitative estimate of drug-likeness (QED) is 0.130. The van der Waals surface area contributed by atoms with Crippen LogP contribution < -0.4 is 28.7 Å². The minimum Gasteiger partial charge on any atom is -0.490 e. The number of fused-ring (bicyclic) bond motifs is 8. The molecule has 2 saturated carbocycles. The lowest BCUT2D eigenvalue weighted by Gasteiger charge is -2.49. The molecule has 4 aliphatic carbocycles. The molecular weight excluding hydrogens is 1140 g/mol. The van der Waals surface area contributed by atoms with E-state index >= 15 is 0 Å². The first-order valence-corrected chi connectivity index (χ1v) is 34.8. The van der Waals surface area contributed by atoms with Gasteiger partial charge in [0.2, 0.25) is 20.0 Å². The molecule has 456 valence electrons. The maximum absolute atomic E-state index is 13.4. The third-order valence-corrected chi connectivity index (χ3v) is 26.0. The number of aliphatic hydroxyl groups is 2. The normalized spacial score (nSPS) is 34.7. The van der Waals surface area contributed by atoms with Crippen LogP contribution in [0.15, 0.2) is 72.8 Å². The molecular formula is C66H86Cl2N4O10S2. The average Bonchev–Trinajstić information content (AvgIpc) is 1.84. The Morgan fingerprint density at radius 3 is 1.32 bits per heavy atom. The molecule has 0 saturated heterocycles. The first-order chi connectivity index (χ1) is 39.8. The van der Waals surface area contributed by atoms with Gasteiger partial charge in [-0.1, -0.05) is 62.0 Å². The van der Waals surface area contributed by atoms with Gasteiger partial charge >= 0.3 is 0 Å². The number of hydrogen-bond acceptors (Lipinski definition) is 12. The maximum atomic E-state index is 13.4. The van der Waals surface area contributed by atoms with E-state index in [9.17, 15) is 36.6 Å². The largest absolute Gasteiger partial charge is 0.490 e. The Kier molecular flexibility index (Phi) is 17.1. The molecule has 2 amide bonds. The second-order valence-electron chi connectivity index (χ2n) is 27.3. The summed E-state index contributed by atoms with van der Waals surface area (Å²) in [5.41, 5.74) is 5.09. The molecule has 14 nitrogen and oxygen atoms in total. The number of benzene rings is 4. The van der Waals surface area contributed by atoms with Gasteiger partial charge in [-0.05, 0) is 236 Å². The minimum atomic E-state index is -3.89. The Morgan fingerprint density at radius 1 is 0.536 bits per heavy atom. The van der Waals surface area contributed by atoms with E-state index in [-0.39, 0.29) is 34.5 Å². The highest BCUT2D eigenvalue weighted by Crippen LogP contribution is 2.51. The van der Waals surface area contributed by atoms with Crippen molar-refractivity contribution in [3.8, 4) is 11.5 Å². The number of carbonyl (C=O) groups is 2. The lowest BCUT2D eigenvalue weighted by Crippen LogP contribution is -2.52. The number of sulfonamides is 2. The van der Waals surface area contributed by atoms with Crippen LogP contribution in [0.1, 0.15) is 174 Å². The number of hydrogen-bond donors (Lipinski definition) is 4. The van der Waals surface area contributed by atoms with E-state index in [0.29, 0.717) is 86.4 Å². The number of nitrogens with one attached hydrogen (secondary N) is 2. The summed E-state index contributed by atoms with van der Waals surface area (Å²) < 4.78 is 70.6. The summed E-state index contributed by atoms with van der Waals surface area (Å²) in [6.45, 7) is 14.9. The van der Waals surface area contributed by atoms with E-state index in [1.54, 1.807) is 50.2 Å². The molecule has 4 bridgehead atoms. The number of rotatable bonds is 0. The van der Waals surface area contributed by atoms with Crippen molar-refractivity contribution in [3.63, 3.8) is 0 Å². The fourth-order valence-corrected chi connectivity index (χ4v) is 18.9. The second kappa shape index (κ2) is 23.5. The van der Waals surface area contributed by atoms with E-state index in [4.69, 9.17) is 32.7 Å². The summed E-state index contributed by atoms with van der Waals surface area (Å²) in [7, 11) is -7.78. The zero-order valence-corrected chi connectivity index (χ0v) is 52.9. The molecule has 12 atom stereocenters. The smallest absolute Gasteiger partial charge is 0.264 e. The van der Waals surface area contributed by atoms with Gasteiger partial charge in [0.1, 0.15) is 11.5 Å². The third-order valence-electron chi connectivity index (χ3n) is 21.7. The van der Waals surface area contributed by atoms with Crippen molar-refractivity contribution in [1.82, 2.24) is 9.44 Å². The molecule has 0 radical (unpaired) electrons. The van der Waals surface area contributed by atoms with Crippen molar-refractivity contribution in [3.05, 3.63) is 116 Å². The topological polar surface area (TPSA) is 192 Å². The summed E-state index contributed by atoms with van der Waals surface area (Å²) in [5.74, 6) is 0.764. The van der Waals surface area contributed by atoms with E-state index in [2.05, 4.69) is 43.5 Å². The lowest BCUT2D eigenvalue weighted by molar-refractivity contribution is -0.0750. The Balaban J connectivity index is 0.000000175. The predicted molar refractivity (Wildman–Crippen MR) is 332 cm³/mol. The average molecular weight is 1230 g/mol. The molecule has 0 aromatic heterocycles. The first-order valence-electron chi connectivity index (χ1n) is 31.0. The summed E-state index contributed by atoms with van der Waals surface area (Å²) in [4.78, 5) is 31.4. The SMILES string of the molecule is C[C@@H]1[C@@H](C)CCC[C@@](C)(O)[C@@H]2CC[C@H]2CN2C[C@@]3(CCCc4cc(Cl)ccc43)COc3ccc(cc32)C(=O)NS1(=O)=O.C[C@@H]1[C@@H](C)CCC[C@](C)(O)[C@@H]2CC[C@H]2CN2C[C@@]3(CCCc4cc(Cl)ccc43)COc3ccc(cc32)C(=O)NS1(=O)=O. The van der Waals surface area contributed by atoms with Crippen LogP contribution in [0.4, 0.5) is 11.4 Å². The van der Waals surface area contributed by atoms with Gasteiger partial charge in [0.05, 0.1) is 46.3 Å². The zero-order valence-electron chi connectivity index (χ0n) is 49.7. The number of ether oxygens (including phenoxy) is 2. The van der Waals surface area contributed by atoms with Crippen molar-refractivity contribution < 1.29 is 46.1 Å². The number of amides is 2. The molecule has 4 N–H and O–H groups in total. The Labute approximate surface area is 508 Å². The first kappa shape index (κ1) is 61.1. The van der Waals surface area contributed by atoms with Crippen LogP contribution >= 0.6 is 23.2 Å². The zero-order chi connectivity index (χ0) is 59.7. The minimum absolute atomic E-state index is 0.156. The Morgan fingerprint density at radius 2 is 0.940 bits per heavy atom. The van der Waals surface area contributed by atoms with Gasteiger partial charge in [0.25, 0.3) is 11.8 Å². The van der Waals surface area contributed by atoms with Crippen molar-refractivity contribution in [2.24, 2.45) is 35.5 Å². The van der Waals surface area contributed by atoms with E-state index in [1.807, 2.05) is 39.8 Å². The number of nitrogens with zero attached hydrogens (tertiary/aromatic N) is 2. The molecule has 4 heterocycles. The fourth-order valence-electron chi connectivity index (χ4n) is 15.9. The number of halogens is 2. The molecule has 0 unspecified atom stereocenters. The van der Waals surface area contributed by atoms with Gasteiger partial charge in [0, 0.05) is 58.2 Å². The number of carbonyl (C=O) groups excluding carboxylic acids is 2. The van der Waals surface area contributed by atoms with E-state index < -0.39 is 53.6 Å². The lowest BCUT2D eigenvalue weighted by atomic mass is 9.63. The summed E-state index contributed by atoms with van der Waals surface area (Å²) in [6.07, 6.45) is 14.0. The Hall–Kier alpha value is -4.58. The van der Waals surface area contributed by atoms with Crippen molar-refractivity contribution in [2.75, 3.05) is 49.2 Å². The highest BCUT2D eigenvalue weighted by Gasteiger charge is 2.50. The predicted octanol–water partition coefficient (Wildman–Crippen LogP) is 11.7. The molecule has 12 rings (SSSR count). The van der Waals surface area contributed by atoms with Crippen LogP contribution in [-0.2, 0) is 43.7 Å². The van der Waals surface area contributed by atoms with Crippen molar-refractivity contribution >= 4 is 66.4 Å². The van der Waals surface area contributed by atoms with Crippen LogP contribution in [-0.4, -0.2) is 100.0 Å². The van der Waals surface area contributed by atoms with Crippen LogP contribution in [0.2, 0.25) is 10.0 Å². The van der Waals surface area contributed by atoms with Gasteiger partial charge in [-0.15, -0.1) is 0 Å². The van der Waals surface area contributed by atoms with Crippen LogP contribution in [0.3, 0.4) is 0 Å². The van der Waals surface area contributed by atoms with Gasteiger partial charge in [0.15, 0.2) is 0 Å². The van der Waals surface area contributed by atoms with Crippen LogP contribution in [0.25, 0.3) is 0 Å². The van der Waals surface area contributed by atoms with Crippen LogP contribution in [0, 0.1) is 35.5 Å². The second-order valence-corrected chi connectivity index (χ2v) is 32.2. The molecule has 4 aliphatic heterocycles. The number of aryl methyl sites for hydroxylation is 2. The van der Waals surface area contributed by atoms with Gasteiger partial charge in [-0.25, -0.2) is 26.3 Å². The summed E-state index contributed by atoms with van der Waals surface area (Å²) in [6, 6.07) is 22.9. The molecule has 8 aliphatic rings. The molecule has 84 heavy (non-hydrogen) atoms. The highest BCUT2D eigenvalue weighted by atomic mass is 35.5. The van der Waals surface area contributed by atoms with Gasteiger partial charge in [-0.3, -0.25) is 9.59 Å². The van der Waals surface area contributed by atoms with E-state index in [1.165, 1.54) is 22.3 Å². The Bertz CT molecular complexity index is 3170. The monoisotopic (exact) mass is 1230 g/mol. The van der Waals surface area contributed by atoms with E-state index in [0.717, 1.165) is 112 Å². The van der Waals surface area contributed by atoms with Crippen LogP contribution in [0.5, 0.6) is 11.5 Å².